The molecule has 0 spiro atoms. The van der Waals surface area contributed by atoms with Crippen LogP contribution in [0.15, 0.2) is 42.0 Å². The Morgan fingerprint density at radius 1 is 1.33 bits per heavy atom. The number of anilines is 1. The first kappa shape index (κ1) is 10.2. The number of rotatable bonds is 2. The Hall–Kier alpha value is -1.28. The number of nitrogens with zero attached hydrogens (tertiary/aromatic N) is 1. The van der Waals surface area contributed by atoms with E-state index in [1.54, 1.807) is 0 Å². The molecule has 0 radical (unpaired) electrons. The first-order valence-corrected chi connectivity index (χ1v) is 5.41. The molecule has 2 heteroatoms. The summed E-state index contributed by atoms with van der Waals surface area (Å²) in [6, 6.07) is 10.1. The van der Waals surface area contributed by atoms with Crippen LogP contribution in [-0.4, -0.2) is 17.4 Å². The predicted molar refractivity (Wildman–Crippen MR) is 62.8 cm³/mol. The van der Waals surface area contributed by atoms with Crippen LogP contribution in [-0.2, 0) is 0 Å². The van der Waals surface area contributed by atoms with Gasteiger partial charge in [-0.05, 0) is 31.1 Å². The molecule has 1 aliphatic rings. The van der Waals surface area contributed by atoms with Gasteiger partial charge >= 0.3 is 0 Å². The molecule has 15 heavy (non-hydrogen) atoms. The summed E-state index contributed by atoms with van der Waals surface area (Å²) in [4.78, 5) is 2.04. The van der Waals surface area contributed by atoms with Crippen LogP contribution >= 0.6 is 0 Å². The van der Waals surface area contributed by atoms with Gasteiger partial charge in [-0.1, -0.05) is 31.2 Å². The van der Waals surface area contributed by atoms with Crippen LogP contribution in [0.4, 0.5) is 5.69 Å². The Morgan fingerprint density at radius 2 is 2.00 bits per heavy atom. The van der Waals surface area contributed by atoms with Gasteiger partial charge in [-0.2, -0.15) is 0 Å². The molecular formula is C13H17NO. The van der Waals surface area contributed by atoms with Crippen molar-refractivity contribution in [1.82, 2.24) is 0 Å². The predicted octanol–water partition coefficient (Wildman–Crippen LogP) is 2.55. The summed E-state index contributed by atoms with van der Waals surface area (Å²) in [6.45, 7) is 4.80. The summed E-state index contributed by atoms with van der Waals surface area (Å²) in [5.41, 5.74) is 1.34. The van der Waals surface area contributed by atoms with Crippen molar-refractivity contribution in [3.63, 3.8) is 0 Å². The largest absolute Gasteiger partial charge is 0.367 e. The molecule has 1 aromatic rings. The van der Waals surface area contributed by atoms with Crippen LogP contribution in [0.5, 0.6) is 0 Å². The zero-order valence-electron chi connectivity index (χ0n) is 9.27. The van der Waals surface area contributed by atoms with Crippen molar-refractivity contribution < 1.29 is 5.11 Å². The molecule has 0 saturated heterocycles. The maximum atomic E-state index is 10.5. The van der Waals surface area contributed by atoms with Crippen molar-refractivity contribution in [3.8, 4) is 0 Å². The lowest BCUT2D eigenvalue weighted by molar-refractivity contribution is 0.0801. The van der Waals surface area contributed by atoms with Crippen molar-refractivity contribution in [2.75, 3.05) is 11.4 Å². The number of para-hydroxylation sites is 1. The highest BCUT2D eigenvalue weighted by atomic mass is 16.3. The Labute approximate surface area is 90.8 Å². The summed E-state index contributed by atoms with van der Waals surface area (Å²) in [6.07, 6.45) is 2.81. The molecule has 1 heterocycles. The third-order valence-corrected chi connectivity index (χ3v) is 3.22. The van der Waals surface area contributed by atoms with Crippen molar-refractivity contribution >= 4 is 5.69 Å². The van der Waals surface area contributed by atoms with Gasteiger partial charge < -0.3 is 10.0 Å². The minimum absolute atomic E-state index is 0.713. The maximum Gasteiger partial charge on any atom is 0.160 e. The van der Waals surface area contributed by atoms with E-state index in [0.717, 1.165) is 17.8 Å². The van der Waals surface area contributed by atoms with Gasteiger partial charge in [0.1, 0.15) is 0 Å². The van der Waals surface area contributed by atoms with Gasteiger partial charge in [-0.25, -0.2) is 0 Å². The lowest BCUT2D eigenvalue weighted by atomic mass is 10.0. The lowest BCUT2D eigenvalue weighted by Gasteiger charge is -2.36. The number of hydrogen-bond acceptors (Lipinski definition) is 2. The smallest absolute Gasteiger partial charge is 0.160 e. The quantitative estimate of drug-likeness (QED) is 0.747. The molecule has 0 amide bonds. The highest BCUT2D eigenvalue weighted by Crippen LogP contribution is 2.34. The molecule has 2 nitrogen and oxygen atoms in total. The second-order valence-electron chi connectivity index (χ2n) is 4.00. The molecular weight excluding hydrogens is 186 g/mol. The fraction of sp³-hybridized carbons (Fsp3) is 0.385. The van der Waals surface area contributed by atoms with Crippen LogP contribution in [0.2, 0.25) is 0 Å². The third-order valence-electron chi connectivity index (χ3n) is 3.22. The minimum atomic E-state index is -0.790. The fourth-order valence-corrected chi connectivity index (χ4v) is 2.15. The van der Waals surface area contributed by atoms with Crippen LogP contribution < -0.4 is 4.90 Å². The molecule has 0 saturated carbocycles. The van der Waals surface area contributed by atoms with Crippen LogP contribution in [0.3, 0.4) is 0 Å². The van der Waals surface area contributed by atoms with E-state index in [-0.39, 0.29) is 0 Å². The molecule has 80 valence electrons. The van der Waals surface area contributed by atoms with Gasteiger partial charge in [0.15, 0.2) is 5.72 Å². The van der Waals surface area contributed by atoms with E-state index >= 15 is 0 Å². The van der Waals surface area contributed by atoms with Gasteiger partial charge in [0.05, 0.1) is 0 Å². The van der Waals surface area contributed by atoms with E-state index in [0.29, 0.717) is 6.42 Å². The van der Waals surface area contributed by atoms with Crippen LogP contribution in [0.25, 0.3) is 0 Å². The first-order chi connectivity index (χ1) is 7.18. The Kier molecular flexibility index (Phi) is 2.53. The van der Waals surface area contributed by atoms with Crippen LogP contribution in [0, 0.1) is 0 Å². The number of hydrogen-bond donors (Lipinski definition) is 1. The molecule has 1 aromatic carbocycles. The topological polar surface area (TPSA) is 23.5 Å². The molecule has 1 unspecified atom stereocenters. The van der Waals surface area contributed by atoms with Crippen molar-refractivity contribution in [2.24, 2.45) is 0 Å². The van der Waals surface area contributed by atoms with Crippen molar-refractivity contribution in [1.29, 1.82) is 0 Å². The summed E-state index contributed by atoms with van der Waals surface area (Å²) < 4.78 is 0. The molecule has 0 aliphatic carbocycles. The first-order valence-electron chi connectivity index (χ1n) is 5.41. The van der Waals surface area contributed by atoms with E-state index in [9.17, 15) is 5.11 Å². The van der Waals surface area contributed by atoms with Gasteiger partial charge in [0.25, 0.3) is 0 Å². The summed E-state index contributed by atoms with van der Waals surface area (Å²) in [5, 5.41) is 10.5. The highest BCUT2D eigenvalue weighted by Gasteiger charge is 2.37. The molecule has 0 fully saturated rings. The molecule has 0 bridgehead atoms. The lowest BCUT2D eigenvalue weighted by Crippen LogP contribution is -2.45. The minimum Gasteiger partial charge on any atom is -0.367 e. The summed E-state index contributed by atoms with van der Waals surface area (Å²) in [7, 11) is 0. The van der Waals surface area contributed by atoms with E-state index in [4.69, 9.17) is 0 Å². The average molecular weight is 203 g/mol. The Balaban J connectivity index is 2.34. The fourth-order valence-electron chi connectivity index (χ4n) is 2.15. The van der Waals surface area contributed by atoms with Crippen molar-refractivity contribution in [2.45, 2.75) is 26.0 Å². The van der Waals surface area contributed by atoms with Gasteiger partial charge in [0.2, 0.25) is 0 Å². The molecule has 1 atom stereocenters. The second-order valence-corrected chi connectivity index (χ2v) is 4.00. The zero-order valence-corrected chi connectivity index (χ0v) is 9.27. The van der Waals surface area contributed by atoms with E-state index in [1.807, 2.05) is 49.1 Å². The number of aliphatic hydroxyl groups is 1. The van der Waals surface area contributed by atoms with Crippen LogP contribution in [0.1, 0.15) is 20.3 Å². The third kappa shape index (κ3) is 1.55. The van der Waals surface area contributed by atoms with Gasteiger partial charge in [-0.3, -0.25) is 0 Å². The second kappa shape index (κ2) is 3.70. The maximum absolute atomic E-state index is 10.5. The Morgan fingerprint density at radius 3 is 2.60 bits per heavy atom. The monoisotopic (exact) mass is 203 g/mol. The molecule has 0 aromatic heterocycles. The van der Waals surface area contributed by atoms with E-state index in [1.165, 1.54) is 0 Å². The zero-order chi connectivity index (χ0) is 10.9. The summed E-state index contributed by atoms with van der Waals surface area (Å²) in [5.74, 6) is 0. The standard InChI is InChI=1S/C13H17NO/c1-3-13(15)11(2)9-10-14(13)12-7-5-4-6-8-12/h4-9,15H,3,10H2,1-2H3. The average Bonchev–Trinajstić information content (AvgIpc) is 2.58. The number of benzene rings is 1. The van der Waals surface area contributed by atoms with Gasteiger partial charge in [-0.15, -0.1) is 0 Å². The normalized spacial score (nSPS) is 25.5. The molecule has 1 aliphatic heterocycles. The van der Waals surface area contributed by atoms with E-state index < -0.39 is 5.72 Å². The van der Waals surface area contributed by atoms with Crippen molar-refractivity contribution in [3.05, 3.63) is 42.0 Å². The van der Waals surface area contributed by atoms with Gasteiger partial charge in [0, 0.05) is 12.2 Å². The Bertz CT molecular complexity index is 371. The SMILES string of the molecule is CCC1(O)C(C)=CCN1c1ccccc1. The molecule has 1 N–H and O–H groups in total. The van der Waals surface area contributed by atoms with E-state index in [2.05, 4.69) is 6.08 Å². The highest BCUT2D eigenvalue weighted by molar-refractivity contribution is 5.54. The summed E-state index contributed by atoms with van der Waals surface area (Å²) >= 11 is 0. The molecule has 2 rings (SSSR count).